The number of rotatable bonds is 7. The summed E-state index contributed by atoms with van der Waals surface area (Å²) in [6.45, 7) is 2.92. The van der Waals surface area contributed by atoms with E-state index in [1.165, 1.54) is 11.1 Å². The summed E-state index contributed by atoms with van der Waals surface area (Å²) in [6, 6.07) is 15.7. The molecule has 1 N–H and O–H groups in total. The second-order valence-corrected chi connectivity index (χ2v) is 9.98. The average molecular weight is 452 g/mol. The Balaban J connectivity index is 1.19. The minimum atomic E-state index is -0.896. The number of carbonyl (C=O) groups is 1. The van der Waals surface area contributed by atoms with Gasteiger partial charge < -0.3 is 19.5 Å². The van der Waals surface area contributed by atoms with Crippen LogP contribution in [0.5, 0.6) is 5.75 Å². The van der Waals surface area contributed by atoms with Crippen LogP contribution in [0.4, 0.5) is 0 Å². The molecule has 0 bridgehead atoms. The van der Waals surface area contributed by atoms with E-state index in [1.54, 1.807) is 11.8 Å². The van der Waals surface area contributed by atoms with Crippen molar-refractivity contribution in [2.75, 3.05) is 44.9 Å². The van der Waals surface area contributed by atoms with E-state index < -0.39 is 5.60 Å². The number of hydrogen-bond acceptors (Lipinski definition) is 5. The van der Waals surface area contributed by atoms with Crippen LogP contribution >= 0.6 is 11.8 Å². The number of aliphatic hydroxyl groups is 1. The van der Waals surface area contributed by atoms with Crippen molar-refractivity contribution in [1.29, 1.82) is 0 Å². The van der Waals surface area contributed by atoms with Crippen molar-refractivity contribution in [3.8, 4) is 5.75 Å². The van der Waals surface area contributed by atoms with Crippen molar-refractivity contribution in [1.82, 2.24) is 4.90 Å². The molecule has 2 fully saturated rings. The smallest absolute Gasteiger partial charge is 0.253 e. The average Bonchev–Trinajstić information content (AvgIpc) is 3.37. The van der Waals surface area contributed by atoms with E-state index >= 15 is 0 Å². The van der Waals surface area contributed by atoms with Gasteiger partial charge in [0.1, 0.15) is 11.4 Å². The first-order valence-electron chi connectivity index (χ1n) is 11.2. The summed E-state index contributed by atoms with van der Waals surface area (Å²) < 4.78 is 10.9. The molecular formula is C26H29NO4S. The van der Waals surface area contributed by atoms with E-state index in [0.717, 1.165) is 43.2 Å². The van der Waals surface area contributed by atoms with Crippen molar-refractivity contribution >= 4 is 23.2 Å². The van der Waals surface area contributed by atoms with Gasteiger partial charge >= 0.3 is 0 Å². The minimum Gasteiger partial charge on any atom is -0.493 e. The number of fused-ring (bicyclic) bond motifs is 1. The van der Waals surface area contributed by atoms with Gasteiger partial charge in [0.05, 0.1) is 19.8 Å². The van der Waals surface area contributed by atoms with Gasteiger partial charge in [0.25, 0.3) is 5.91 Å². The summed E-state index contributed by atoms with van der Waals surface area (Å²) >= 11 is 1.78. The van der Waals surface area contributed by atoms with Crippen molar-refractivity contribution in [2.45, 2.75) is 12.0 Å². The molecular weight excluding hydrogens is 422 g/mol. The second-order valence-electron chi connectivity index (χ2n) is 9.00. The molecule has 3 aliphatic rings. The number of allylic oxidation sites excluding steroid dienone is 1. The lowest BCUT2D eigenvalue weighted by Crippen LogP contribution is -2.46. The highest BCUT2D eigenvalue weighted by atomic mass is 32.2. The zero-order valence-electron chi connectivity index (χ0n) is 18.3. The molecule has 5 rings (SSSR count). The summed E-state index contributed by atoms with van der Waals surface area (Å²) in [5, 5.41) is 10.4. The number of carbonyl (C=O) groups excluding carboxylic acids is 1. The monoisotopic (exact) mass is 451 g/mol. The molecule has 2 aliphatic heterocycles. The van der Waals surface area contributed by atoms with Crippen LogP contribution in [0, 0.1) is 11.8 Å². The van der Waals surface area contributed by atoms with Gasteiger partial charge in [-0.1, -0.05) is 30.3 Å². The molecule has 5 nitrogen and oxygen atoms in total. The van der Waals surface area contributed by atoms with E-state index in [0.29, 0.717) is 30.6 Å². The summed E-state index contributed by atoms with van der Waals surface area (Å²) in [4.78, 5) is 15.0. The van der Waals surface area contributed by atoms with Crippen LogP contribution in [0.15, 0.2) is 54.6 Å². The zero-order chi connectivity index (χ0) is 22.1. The Kier molecular flexibility index (Phi) is 6.01. The molecule has 1 aliphatic carbocycles. The van der Waals surface area contributed by atoms with E-state index in [2.05, 4.69) is 36.6 Å². The first kappa shape index (κ1) is 21.6. The van der Waals surface area contributed by atoms with Gasteiger partial charge in [-0.25, -0.2) is 0 Å². The molecule has 2 aromatic carbocycles. The van der Waals surface area contributed by atoms with E-state index in [9.17, 15) is 9.90 Å². The van der Waals surface area contributed by atoms with Crippen molar-refractivity contribution < 1.29 is 19.4 Å². The lowest BCUT2D eigenvalue weighted by Gasteiger charge is -2.36. The molecule has 2 unspecified atom stereocenters. The lowest BCUT2D eigenvalue weighted by atomic mass is 9.91. The Labute approximate surface area is 193 Å². The summed E-state index contributed by atoms with van der Waals surface area (Å²) in [5.74, 6) is 2.88. The molecule has 0 aromatic heterocycles. The Hall–Kier alpha value is -2.28. The SMILES string of the molecule is CSCCOc1ccc(C2=CC3CN(C(=O)c4ccc(C5(O)COC5)cc4)CC3C2)cc1. The molecule has 32 heavy (non-hydrogen) atoms. The Bertz CT molecular complexity index is 997. The van der Waals surface area contributed by atoms with Gasteiger partial charge in [0.15, 0.2) is 0 Å². The van der Waals surface area contributed by atoms with Gasteiger partial charge in [0, 0.05) is 24.4 Å². The van der Waals surface area contributed by atoms with Crippen LogP contribution in [-0.4, -0.2) is 60.8 Å². The normalized spacial score (nSPS) is 23.4. The van der Waals surface area contributed by atoms with Crippen LogP contribution in [-0.2, 0) is 10.3 Å². The first-order valence-corrected chi connectivity index (χ1v) is 12.6. The third-order valence-electron chi connectivity index (χ3n) is 6.81. The van der Waals surface area contributed by atoms with Crippen LogP contribution in [0.2, 0.25) is 0 Å². The molecule has 1 amide bonds. The third kappa shape index (κ3) is 4.19. The third-order valence-corrected chi connectivity index (χ3v) is 7.38. The molecule has 168 valence electrons. The number of nitrogens with zero attached hydrogens (tertiary/aromatic N) is 1. The maximum atomic E-state index is 13.0. The maximum absolute atomic E-state index is 13.0. The molecule has 2 saturated heterocycles. The highest BCUT2D eigenvalue weighted by Gasteiger charge is 2.40. The number of ether oxygens (including phenoxy) is 2. The highest BCUT2D eigenvalue weighted by Crippen LogP contribution is 2.41. The maximum Gasteiger partial charge on any atom is 0.253 e. The second kappa shape index (κ2) is 8.93. The Morgan fingerprint density at radius 2 is 1.91 bits per heavy atom. The summed E-state index contributed by atoms with van der Waals surface area (Å²) in [6.07, 6.45) is 5.45. The molecule has 2 heterocycles. The lowest BCUT2D eigenvalue weighted by molar-refractivity contribution is -0.184. The molecule has 2 atom stereocenters. The quantitative estimate of drug-likeness (QED) is 0.649. The molecule has 6 heteroatoms. The predicted octanol–water partition coefficient (Wildman–Crippen LogP) is 3.82. The Morgan fingerprint density at radius 3 is 2.53 bits per heavy atom. The van der Waals surface area contributed by atoms with E-state index in [4.69, 9.17) is 9.47 Å². The van der Waals surface area contributed by atoms with Gasteiger partial charge in [0.2, 0.25) is 0 Å². The molecule has 0 spiro atoms. The number of thioether (sulfide) groups is 1. The van der Waals surface area contributed by atoms with Crippen LogP contribution in [0.3, 0.4) is 0 Å². The highest BCUT2D eigenvalue weighted by molar-refractivity contribution is 7.98. The molecule has 0 radical (unpaired) electrons. The van der Waals surface area contributed by atoms with Gasteiger partial charge in [-0.2, -0.15) is 11.8 Å². The summed E-state index contributed by atoms with van der Waals surface area (Å²) in [7, 11) is 0. The number of likely N-dealkylation sites (tertiary alicyclic amines) is 1. The van der Waals surface area contributed by atoms with E-state index in [-0.39, 0.29) is 5.91 Å². The largest absolute Gasteiger partial charge is 0.493 e. The fourth-order valence-electron chi connectivity index (χ4n) is 4.87. The number of benzene rings is 2. The van der Waals surface area contributed by atoms with Crippen LogP contribution in [0.25, 0.3) is 5.57 Å². The minimum absolute atomic E-state index is 0.0736. The number of hydrogen-bond donors (Lipinski definition) is 1. The predicted molar refractivity (Wildman–Crippen MR) is 127 cm³/mol. The molecule has 0 saturated carbocycles. The fraction of sp³-hybridized carbons (Fsp3) is 0.423. The van der Waals surface area contributed by atoms with Crippen LogP contribution in [0.1, 0.15) is 27.9 Å². The fourth-order valence-corrected chi connectivity index (χ4v) is 5.12. The van der Waals surface area contributed by atoms with Gasteiger partial charge in [-0.3, -0.25) is 4.79 Å². The van der Waals surface area contributed by atoms with Gasteiger partial charge in [-0.15, -0.1) is 0 Å². The first-order chi connectivity index (χ1) is 15.6. The topological polar surface area (TPSA) is 59.0 Å². The zero-order valence-corrected chi connectivity index (χ0v) is 19.1. The Morgan fingerprint density at radius 1 is 1.16 bits per heavy atom. The molecule has 2 aromatic rings. The van der Waals surface area contributed by atoms with Crippen molar-refractivity contribution in [2.24, 2.45) is 11.8 Å². The van der Waals surface area contributed by atoms with E-state index in [1.807, 2.05) is 29.2 Å². The van der Waals surface area contributed by atoms with Crippen molar-refractivity contribution in [3.63, 3.8) is 0 Å². The van der Waals surface area contributed by atoms with Gasteiger partial charge in [-0.05, 0) is 65.5 Å². The van der Waals surface area contributed by atoms with Crippen LogP contribution < -0.4 is 4.74 Å². The van der Waals surface area contributed by atoms with Crippen molar-refractivity contribution in [3.05, 3.63) is 71.3 Å². The standard InChI is InChI=1S/C26H29NO4S/c1-32-11-10-31-24-8-4-18(5-9-24)20-12-21-14-27(15-22(21)13-20)25(28)19-2-6-23(7-3-19)26(29)16-30-17-26/h2-9,12,21-22,29H,10-11,13-17H2,1H3. The summed E-state index contributed by atoms with van der Waals surface area (Å²) in [5.41, 5.74) is 3.23. The number of amides is 1.